The van der Waals surface area contributed by atoms with Crippen LogP contribution in [0.1, 0.15) is 15.9 Å². The maximum Gasteiger partial charge on any atom is 0.270 e. The van der Waals surface area contributed by atoms with Gasteiger partial charge in [0, 0.05) is 43.6 Å². The highest BCUT2D eigenvalue weighted by Crippen LogP contribution is 2.21. The molecule has 0 aliphatic carbocycles. The SMILES string of the molecule is COCCNC(=O)c1cn(Cc2cccc(Cl)c2)c2ccc([N+](=O)[O-])cc2c1=O. The Bertz CT molecular complexity index is 1140. The molecule has 0 unspecified atom stereocenters. The molecule has 9 heteroatoms. The first-order chi connectivity index (χ1) is 13.9. The van der Waals surface area contributed by atoms with Crippen molar-refractivity contribution in [1.82, 2.24) is 9.88 Å². The third-order valence-corrected chi connectivity index (χ3v) is 4.59. The number of nitrogens with zero attached hydrogens (tertiary/aromatic N) is 2. The number of nitro benzene ring substituents is 1. The zero-order chi connectivity index (χ0) is 21.0. The van der Waals surface area contributed by atoms with Gasteiger partial charge in [-0.2, -0.15) is 0 Å². The normalized spacial score (nSPS) is 10.8. The van der Waals surface area contributed by atoms with E-state index in [0.29, 0.717) is 23.7 Å². The molecule has 0 aliphatic rings. The Morgan fingerprint density at radius 3 is 2.76 bits per heavy atom. The summed E-state index contributed by atoms with van der Waals surface area (Å²) in [6.45, 7) is 0.852. The summed E-state index contributed by atoms with van der Waals surface area (Å²) in [5, 5.41) is 14.4. The van der Waals surface area contributed by atoms with Crippen LogP contribution < -0.4 is 10.7 Å². The maximum absolute atomic E-state index is 12.9. The van der Waals surface area contributed by atoms with Crippen LogP contribution >= 0.6 is 11.6 Å². The molecule has 0 bridgehead atoms. The van der Waals surface area contributed by atoms with E-state index in [1.54, 1.807) is 22.8 Å². The first-order valence-electron chi connectivity index (χ1n) is 8.74. The largest absolute Gasteiger partial charge is 0.383 e. The number of methoxy groups -OCH3 is 1. The van der Waals surface area contributed by atoms with Crippen molar-refractivity contribution in [3.8, 4) is 0 Å². The van der Waals surface area contributed by atoms with Crippen molar-refractivity contribution in [3.05, 3.63) is 85.1 Å². The second-order valence-electron chi connectivity index (χ2n) is 6.34. The van der Waals surface area contributed by atoms with E-state index in [4.69, 9.17) is 16.3 Å². The molecule has 1 amide bonds. The van der Waals surface area contributed by atoms with Gasteiger partial charge in [-0.25, -0.2) is 0 Å². The fraction of sp³-hybridized carbons (Fsp3) is 0.200. The van der Waals surface area contributed by atoms with Crippen LogP contribution in [0.3, 0.4) is 0 Å². The van der Waals surface area contributed by atoms with Crippen molar-refractivity contribution >= 4 is 34.1 Å². The summed E-state index contributed by atoms with van der Waals surface area (Å²) in [7, 11) is 1.50. The second kappa shape index (κ2) is 8.85. The summed E-state index contributed by atoms with van der Waals surface area (Å²) >= 11 is 6.05. The number of rotatable bonds is 7. The molecule has 3 aromatic rings. The van der Waals surface area contributed by atoms with Crippen molar-refractivity contribution in [2.45, 2.75) is 6.54 Å². The number of hydrogen-bond acceptors (Lipinski definition) is 5. The average molecular weight is 416 g/mol. The monoisotopic (exact) mass is 415 g/mol. The summed E-state index contributed by atoms with van der Waals surface area (Å²) in [6.07, 6.45) is 1.46. The Labute approximate surface area is 170 Å². The van der Waals surface area contributed by atoms with Gasteiger partial charge in [0.15, 0.2) is 0 Å². The van der Waals surface area contributed by atoms with Gasteiger partial charge in [-0.3, -0.25) is 19.7 Å². The molecule has 0 saturated heterocycles. The molecule has 0 radical (unpaired) electrons. The van der Waals surface area contributed by atoms with E-state index >= 15 is 0 Å². The molecule has 0 fully saturated rings. The van der Waals surface area contributed by atoms with E-state index in [2.05, 4.69) is 5.32 Å². The van der Waals surface area contributed by atoms with Gasteiger partial charge in [0.25, 0.3) is 11.6 Å². The van der Waals surface area contributed by atoms with Crippen molar-refractivity contribution < 1.29 is 14.5 Å². The van der Waals surface area contributed by atoms with Gasteiger partial charge in [-0.15, -0.1) is 0 Å². The Balaban J connectivity index is 2.14. The predicted octanol–water partition coefficient (Wildman–Crippen LogP) is 2.99. The number of carbonyl (C=O) groups excluding carboxylic acids is 1. The lowest BCUT2D eigenvalue weighted by Gasteiger charge is -2.14. The molecular formula is C20H18ClN3O5. The molecule has 0 aliphatic heterocycles. The highest BCUT2D eigenvalue weighted by atomic mass is 35.5. The van der Waals surface area contributed by atoms with Crippen LogP contribution in [0.25, 0.3) is 10.9 Å². The van der Waals surface area contributed by atoms with E-state index in [0.717, 1.165) is 5.56 Å². The number of pyridine rings is 1. The van der Waals surface area contributed by atoms with Crippen LogP contribution in [0.2, 0.25) is 5.02 Å². The number of aromatic nitrogens is 1. The average Bonchev–Trinajstić information content (AvgIpc) is 2.70. The minimum Gasteiger partial charge on any atom is -0.383 e. The standard InChI is InChI=1S/C20H18ClN3O5/c1-29-8-7-22-20(26)17-12-23(11-13-3-2-4-14(21)9-13)18-6-5-15(24(27)28)10-16(18)19(17)25/h2-6,9-10,12H,7-8,11H2,1H3,(H,22,26). The van der Waals surface area contributed by atoms with E-state index in [1.807, 2.05) is 6.07 Å². The number of hydrogen-bond donors (Lipinski definition) is 1. The Hall–Kier alpha value is -3.23. The van der Waals surface area contributed by atoms with E-state index in [1.165, 1.54) is 31.5 Å². The van der Waals surface area contributed by atoms with Crippen LogP contribution in [0, 0.1) is 10.1 Å². The number of ether oxygens (including phenoxy) is 1. The van der Waals surface area contributed by atoms with Gasteiger partial charge in [-0.05, 0) is 23.8 Å². The van der Waals surface area contributed by atoms with Crippen LogP contribution in [0.15, 0.2) is 53.5 Å². The van der Waals surface area contributed by atoms with Gasteiger partial charge in [-0.1, -0.05) is 23.7 Å². The smallest absolute Gasteiger partial charge is 0.270 e. The molecule has 29 heavy (non-hydrogen) atoms. The molecule has 1 N–H and O–H groups in total. The first kappa shape index (κ1) is 20.5. The van der Waals surface area contributed by atoms with E-state index in [9.17, 15) is 19.7 Å². The fourth-order valence-corrected chi connectivity index (χ4v) is 3.20. The molecule has 2 aromatic carbocycles. The quantitative estimate of drug-likeness (QED) is 0.363. The summed E-state index contributed by atoms with van der Waals surface area (Å²) in [6, 6.07) is 11.2. The van der Waals surface area contributed by atoms with Crippen molar-refractivity contribution in [1.29, 1.82) is 0 Å². The molecule has 0 spiro atoms. The lowest BCUT2D eigenvalue weighted by Crippen LogP contribution is -2.32. The number of non-ortho nitro benzene ring substituents is 1. The number of amides is 1. The second-order valence-corrected chi connectivity index (χ2v) is 6.77. The van der Waals surface area contributed by atoms with Gasteiger partial charge in [0.1, 0.15) is 5.56 Å². The molecule has 1 aromatic heterocycles. The predicted molar refractivity (Wildman–Crippen MR) is 110 cm³/mol. The van der Waals surface area contributed by atoms with Crippen molar-refractivity contribution in [2.24, 2.45) is 0 Å². The third-order valence-electron chi connectivity index (χ3n) is 4.35. The summed E-state index contributed by atoms with van der Waals surface area (Å²) < 4.78 is 6.60. The molecule has 1 heterocycles. The van der Waals surface area contributed by atoms with E-state index < -0.39 is 16.3 Å². The van der Waals surface area contributed by atoms with Crippen molar-refractivity contribution in [2.75, 3.05) is 20.3 Å². The zero-order valence-electron chi connectivity index (χ0n) is 15.6. The van der Waals surface area contributed by atoms with Crippen molar-refractivity contribution in [3.63, 3.8) is 0 Å². The lowest BCUT2D eigenvalue weighted by atomic mass is 10.1. The first-order valence-corrected chi connectivity index (χ1v) is 9.11. The molecular weight excluding hydrogens is 398 g/mol. The molecule has 0 saturated carbocycles. The molecule has 150 valence electrons. The van der Waals surface area contributed by atoms with Crippen LogP contribution in [-0.4, -0.2) is 35.7 Å². The Morgan fingerprint density at radius 1 is 1.28 bits per heavy atom. The van der Waals surface area contributed by atoms with Gasteiger partial charge in [0.05, 0.1) is 22.4 Å². The van der Waals surface area contributed by atoms with Crippen LogP contribution in [0.4, 0.5) is 5.69 Å². The Kier molecular flexibility index (Phi) is 6.26. The van der Waals surface area contributed by atoms with Crippen LogP contribution in [0.5, 0.6) is 0 Å². The fourth-order valence-electron chi connectivity index (χ4n) is 2.99. The van der Waals surface area contributed by atoms with Gasteiger partial charge in [0.2, 0.25) is 5.43 Å². The van der Waals surface area contributed by atoms with E-state index in [-0.39, 0.29) is 23.2 Å². The summed E-state index contributed by atoms with van der Waals surface area (Å²) in [5.41, 5.74) is 0.443. The summed E-state index contributed by atoms with van der Waals surface area (Å²) in [4.78, 5) is 36.0. The topological polar surface area (TPSA) is 103 Å². The minimum absolute atomic E-state index is 0.0978. The third kappa shape index (κ3) is 4.61. The molecule has 8 nitrogen and oxygen atoms in total. The van der Waals surface area contributed by atoms with Gasteiger partial charge < -0.3 is 14.6 Å². The Morgan fingerprint density at radius 2 is 2.07 bits per heavy atom. The zero-order valence-corrected chi connectivity index (χ0v) is 16.3. The number of benzene rings is 2. The highest BCUT2D eigenvalue weighted by Gasteiger charge is 2.18. The number of halogens is 1. The lowest BCUT2D eigenvalue weighted by molar-refractivity contribution is -0.384. The minimum atomic E-state index is -0.578. The number of carbonyl (C=O) groups is 1. The maximum atomic E-state index is 12.9. The summed E-state index contributed by atoms with van der Waals surface area (Å²) in [5.74, 6) is -0.569. The molecule has 3 rings (SSSR count). The highest BCUT2D eigenvalue weighted by molar-refractivity contribution is 6.30. The molecule has 0 atom stereocenters. The van der Waals surface area contributed by atoms with Crippen LogP contribution in [-0.2, 0) is 11.3 Å². The number of nitrogens with one attached hydrogen (secondary N) is 1. The van der Waals surface area contributed by atoms with Gasteiger partial charge >= 0.3 is 0 Å². The number of nitro groups is 1. The number of fused-ring (bicyclic) bond motifs is 1.